The zero-order valence-electron chi connectivity index (χ0n) is 9.70. The minimum atomic E-state index is -0.188. The van der Waals surface area contributed by atoms with Crippen LogP contribution in [0.2, 0.25) is 0 Å². The molecule has 0 fully saturated rings. The van der Waals surface area contributed by atoms with E-state index in [1.165, 1.54) is 23.3 Å². The molecule has 2 rings (SSSR count). The van der Waals surface area contributed by atoms with Gasteiger partial charge in [-0.05, 0) is 48.2 Å². The number of hydrogen-bond donors (Lipinski definition) is 1. The fraction of sp³-hybridized carbons (Fsp3) is 0.200. The Labute approximate surface area is 101 Å². The molecule has 0 spiro atoms. The van der Waals surface area contributed by atoms with Crippen LogP contribution in [0.3, 0.4) is 0 Å². The number of halogens is 1. The average Bonchev–Trinajstić information content (AvgIpc) is 2.35. The summed E-state index contributed by atoms with van der Waals surface area (Å²) in [5.74, 6) is -0.188. The SMILES string of the molecule is NCCc1ccc(Cc2ccc(F)cc2)cc1. The van der Waals surface area contributed by atoms with E-state index in [0.717, 1.165) is 18.4 Å². The first-order valence-electron chi connectivity index (χ1n) is 5.80. The highest BCUT2D eigenvalue weighted by Crippen LogP contribution is 2.11. The maximum absolute atomic E-state index is 12.8. The van der Waals surface area contributed by atoms with Gasteiger partial charge in [0.1, 0.15) is 5.82 Å². The third kappa shape index (κ3) is 3.40. The van der Waals surface area contributed by atoms with Crippen molar-refractivity contribution in [2.45, 2.75) is 12.8 Å². The van der Waals surface area contributed by atoms with E-state index in [1.54, 1.807) is 0 Å². The van der Waals surface area contributed by atoms with Gasteiger partial charge in [-0.25, -0.2) is 4.39 Å². The first-order chi connectivity index (χ1) is 8.28. The fourth-order valence-electron chi connectivity index (χ4n) is 1.83. The molecule has 0 unspecified atom stereocenters. The van der Waals surface area contributed by atoms with Crippen molar-refractivity contribution < 1.29 is 4.39 Å². The van der Waals surface area contributed by atoms with Gasteiger partial charge >= 0.3 is 0 Å². The first-order valence-corrected chi connectivity index (χ1v) is 5.80. The summed E-state index contributed by atoms with van der Waals surface area (Å²) in [4.78, 5) is 0. The molecule has 0 aliphatic heterocycles. The standard InChI is InChI=1S/C15H16FN/c16-15-7-5-14(6-8-15)11-13-3-1-12(2-4-13)9-10-17/h1-8H,9-11,17H2. The van der Waals surface area contributed by atoms with Gasteiger partial charge in [-0.3, -0.25) is 0 Å². The fourth-order valence-corrected chi connectivity index (χ4v) is 1.83. The van der Waals surface area contributed by atoms with Crippen LogP contribution in [0.4, 0.5) is 4.39 Å². The minimum Gasteiger partial charge on any atom is -0.330 e. The molecule has 0 bridgehead atoms. The maximum Gasteiger partial charge on any atom is 0.123 e. The largest absolute Gasteiger partial charge is 0.330 e. The molecule has 1 nitrogen and oxygen atoms in total. The summed E-state index contributed by atoms with van der Waals surface area (Å²) in [5.41, 5.74) is 9.12. The van der Waals surface area contributed by atoms with Gasteiger partial charge in [-0.1, -0.05) is 36.4 Å². The van der Waals surface area contributed by atoms with Crippen molar-refractivity contribution in [3.05, 3.63) is 71.0 Å². The molecule has 2 aromatic rings. The maximum atomic E-state index is 12.8. The first kappa shape index (κ1) is 11.8. The monoisotopic (exact) mass is 229 g/mol. The molecule has 0 aliphatic carbocycles. The van der Waals surface area contributed by atoms with E-state index in [9.17, 15) is 4.39 Å². The highest BCUT2D eigenvalue weighted by Gasteiger charge is 1.97. The molecule has 2 aromatic carbocycles. The van der Waals surface area contributed by atoms with Gasteiger partial charge in [0.15, 0.2) is 0 Å². The summed E-state index contributed by atoms with van der Waals surface area (Å²) < 4.78 is 12.8. The van der Waals surface area contributed by atoms with Crippen LogP contribution in [-0.4, -0.2) is 6.54 Å². The van der Waals surface area contributed by atoms with Crippen molar-refractivity contribution in [2.24, 2.45) is 5.73 Å². The summed E-state index contributed by atoms with van der Waals surface area (Å²) in [6, 6.07) is 15.1. The summed E-state index contributed by atoms with van der Waals surface area (Å²) >= 11 is 0. The van der Waals surface area contributed by atoms with E-state index >= 15 is 0 Å². The van der Waals surface area contributed by atoms with E-state index < -0.39 is 0 Å². The predicted octanol–water partition coefficient (Wildman–Crippen LogP) is 2.92. The molecule has 0 amide bonds. The van der Waals surface area contributed by atoms with Crippen LogP contribution in [0.5, 0.6) is 0 Å². The molecule has 0 heterocycles. The van der Waals surface area contributed by atoms with Gasteiger partial charge in [0.05, 0.1) is 0 Å². The zero-order chi connectivity index (χ0) is 12.1. The van der Waals surface area contributed by atoms with Gasteiger partial charge in [0.2, 0.25) is 0 Å². The van der Waals surface area contributed by atoms with Gasteiger partial charge in [0.25, 0.3) is 0 Å². The van der Waals surface area contributed by atoms with Crippen LogP contribution in [0.1, 0.15) is 16.7 Å². The highest BCUT2D eigenvalue weighted by atomic mass is 19.1. The van der Waals surface area contributed by atoms with Crippen molar-refractivity contribution in [1.29, 1.82) is 0 Å². The molecule has 17 heavy (non-hydrogen) atoms. The summed E-state index contributed by atoms with van der Waals surface area (Å²) in [6.45, 7) is 0.678. The van der Waals surface area contributed by atoms with Gasteiger partial charge < -0.3 is 5.73 Å². The van der Waals surface area contributed by atoms with Gasteiger partial charge in [-0.2, -0.15) is 0 Å². The summed E-state index contributed by atoms with van der Waals surface area (Å²) in [6.07, 6.45) is 1.75. The van der Waals surface area contributed by atoms with Crippen LogP contribution in [0.15, 0.2) is 48.5 Å². The highest BCUT2D eigenvalue weighted by molar-refractivity contribution is 5.29. The Hall–Kier alpha value is -1.67. The van der Waals surface area contributed by atoms with Crippen molar-refractivity contribution in [3.63, 3.8) is 0 Å². The van der Waals surface area contributed by atoms with Crippen molar-refractivity contribution in [1.82, 2.24) is 0 Å². The molecule has 0 aliphatic rings. The topological polar surface area (TPSA) is 26.0 Å². The number of benzene rings is 2. The second-order valence-electron chi connectivity index (χ2n) is 4.16. The van der Waals surface area contributed by atoms with Crippen LogP contribution < -0.4 is 5.73 Å². The molecule has 0 aromatic heterocycles. The van der Waals surface area contributed by atoms with Gasteiger partial charge in [-0.15, -0.1) is 0 Å². The lowest BCUT2D eigenvalue weighted by Crippen LogP contribution is -2.02. The van der Waals surface area contributed by atoms with E-state index in [4.69, 9.17) is 5.73 Å². The van der Waals surface area contributed by atoms with Crippen LogP contribution in [0.25, 0.3) is 0 Å². The number of rotatable bonds is 4. The molecule has 2 N–H and O–H groups in total. The number of nitrogens with two attached hydrogens (primary N) is 1. The molecule has 0 radical (unpaired) electrons. The Morgan fingerprint density at radius 3 is 1.76 bits per heavy atom. The van der Waals surface area contributed by atoms with Gasteiger partial charge in [0, 0.05) is 0 Å². The Bertz CT molecular complexity index is 459. The minimum absolute atomic E-state index is 0.188. The quantitative estimate of drug-likeness (QED) is 0.857. The molecular weight excluding hydrogens is 213 g/mol. The second-order valence-corrected chi connectivity index (χ2v) is 4.16. The molecule has 0 atom stereocenters. The van der Waals surface area contributed by atoms with Crippen LogP contribution in [0, 0.1) is 5.82 Å². The Kier molecular flexibility index (Phi) is 3.89. The van der Waals surface area contributed by atoms with E-state index in [2.05, 4.69) is 24.3 Å². The molecule has 2 heteroatoms. The Morgan fingerprint density at radius 1 is 0.765 bits per heavy atom. The zero-order valence-corrected chi connectivity index (χ0v) is 9.70. The smallest absolute Gasteiger partial charge is 0.123 e. The third-order valence-corrected chi connectivity index (χ3v) is 2.78. The molecule has 0 saturated carbocycles. The normalized spacial score (nSPS) is 10.5. The Balaban J connectivity index is 2.05. The van der Waals surface area contributed by atoms with Crippen LogP contribution >= 0.6 is 0 Å². The van der Waals surface area contributed by atoms with E-state index in [0.29, 0.717) is 6.54 Å². The Morgan fingerprint density at radius 2 is 1.24 bits per heavy atom. The summed E-state index contributed by atoms with van der Waals surface area (Å²) in [7, 11) is 0. The van der Waals surface area contributed by atoms with E-state index in [1.807, 2.05) is 12.1 Å². The lowest BCUT2D eigenvalue weighted by atomic mass is 10.0. The van der Waals surface area contributed by atoms with E-state index in [-0.39, 0.29) is 5.82 Å². The van der Waals surface area contributed by atoms with Crippen molar-refractivity contribution in [2.75, 3.05) is 6.54 Å². The molecule has 0 saturated heterocycles. The van der Waals surface area contributed by atoms with Crippen molar-refractivity contribution >= 4 is 0 Å². The average molecular weight is 229 g/mol. The predicted molar refractivity (Wildman–Crippen MR) is 68.4 cm³/mol. The lowest BCUT2D eigenvalue weighted by Gasteiger charge is -2.04. The third-order valence-electron chi connectivity index (χ3n) is 2.78. The summed E-state index contributed by atoms with van der Waals surface area (Å²) in [5, 5.41) is 0. The number of hydrogen-bond acceptors (Lipinski definition) is 1. The molecular formula is C15H16FN. The van der Waals surface area contributed by atoms with Crippen molar-refractivity contribution in [3.8, 4) is 0 Å². The van der Waals surface area contributed by atoms with Crippen LogP contribution in [-0.2, 0) is 12.8 Å². The molecule has 88 valence electrons. The second kappa shape index (κ2) is 5.60. The lowest BCUT2D eigenvalue weighted by molar-refractivity contribution is 0.627.